The summed E-state index contributed by atoms with van der Waals surface area (Å²) >= 11 is 0. The highest BCUT2D eigenvalue weighted by Crippen LogP contribution is 2.66. The molecule has 2 aliphatic rings. The number of aromatic nitrogens is 2. The summed E-state index contributed by atoms with van der Waals surface area (Å²) in [4.78, 5) is 10.1. The zero-order valence-electron chi connectivity index (χ0n) is 32.0. The summed E-state index contributed by atoms with van der Waals surface area (Å²) in [7, 11) is 0. The van der Waals surface area contributed by atoms with Gasteiger partial charge in [0, 0.05) is 16.5 Å². The van der Waals surface area contributed by atoms with Gasteiger partial charge >= 0.3 is 0 Å². The van der Waals surface area contributed by atoms with E-state index in [2.05, 4.69) is 194 Å². The molecule has 13 rings (SSSR count). The van der Waals surface area contributed by atoms with Crippen LogP contribution in [0.15, 0.2) is 206 Å². The fourth-order valence-corrected chi connectivity index (χ4v) is 10.7. The van der Waals surface area contributed by atoms with Crippen molar-refractivity contribution in [1.29, 1.82) is 0 Å². The van der Waals surface area contributed by atoms with E-state index in [-0.39, 0.29) is 0 Å². The van der Waals surface area contributed by atoms with E-state index >= 15 is 0 Å². The van der Waals surface area contributed by atoms with Crippen LogP contribution in [0.5, 0.6) is 0 Å². The Morgan fingerprint density at radius 3 is 1.64 bits per heavy atom. The molecular weight excluding hydrogens is 713 g/mol. The minimum absolute atomic E-state index is 0.484. The van der Waals surface area contributed by atoms with Gasteiger partial charge in [-0.25, -0.2) is 9.97 Å². The highest BCUT2D eigenvalue weighted by Gasteiger charge is 2.53. The summed E-state index contributed by atoms with van der Waals surface area (Å²) in [5, 5.41) is 8.81. The fraction of sp³-hybridized carbons (Fsp3) is 0.0175. The van der Waals surface area contributed by atoms with Gasteiger partial charge in [-0.15, -0.1) is 0 Å². The van der Waals surface area contributed by atoms with Crippen LogP contribution in [0.3, 0.4) is 0 Å². The molecular formula is C57H34N2. The van der Waals surface area contributed by atoms with E-state index in [1.807, 2.05) is 12.1 Å². The van der Waals surface area contributed by atoms with E-state index in [0.29, 0.717) is 0 Å². The molecule has 0 bridgehead atoms. The van der Waals surface area contributed by atoms with Crippen LogP contribution in [0.4, 0.5) is 0 Å². The van der Waals surface area contributed by atoms with E-state index in [1.165, 1.54) is 82.4 Å². The lowest BCUT2D eigenvalue weighted by atomic mass is 9.68. The van der Waals surface area contributed by atoms with Crippen molar-refractivity contribution >= 4 is 43.2 Å². The van der Waals surface area contributed by atoms with Gasteiger partial charge in [0.1, 0.15) is 0 Å². The SMILES string of the molecule is c1ccc(-c2nc(-c3ccc(-c4ccc5c6c(ccc5c4)-c4c(c5ccccc5c5ccccc45)C64c5ccccc5-c5ccccc54)cc3)nc3ccccc23)cc1. The van der Waals surface area contributed by atoms with E-state index in [9.17, 15) is 0 Å². The van der Waals surface area contributed by atoms with Gasteiger partial charge in [0.15, 0.2) is 5.82 Å². The molecule has 0 unspecified atom stereocenters. The molecule has 0 N–H and O–H groups in total. The third kappa shape index (κ3) is 4.40. The van der Waals surface area contributed by atoms with Gasteiger partial charge in [-0.3, -0.25) is 0 Å². The Morgan fingerprint density at radius 1 is 0.322 bits per heavy atom. The van der Waals surface area contributed by atoms with Crippen molar-refractivity contribution in [1.82, 2.24) is 9.97 Å². The molecule has 1 spiro atoms. The Morgan fingerprint density at radius 2 is 0.898 bits per heavy atom. The van der Waals surface area contributed by atoms with E-state index in [1.54, 1.807) is 0 Å². The van der Waals surface area contributed by atoms with Crippen LogP contribution in [0.25, 0.3) is 99.2 Å². The topological polar surface area (TPSA) is 25.8 Å². The molecule has 0 aliphatic heterocycles. The highest BCUT2D eigenvalue weighted by atomic mass is 14.9. The Hall–Kier alpha value is -7.68. The Bertz CT molecular complexity index is 3500. The van der Waals surface area contributed by atoms with Crippen LogP contribution in [-0.2, 0) is 5.41 Å². The lowest BCUT2D eigenvalue weighted by Gasteiger charge is -2.32. The van der Waals surface area contributed by atoms with Crippen molar-refractivity contribution in [3.63, 3.8) is 0 Å². The molecule has 10 aromatic carbocycles. The maximum absolute atomic E-state index is 5.13. The van der Waals surface area contributed by atoms with Crippen LogP contribution in [0.1, 0.15) is 22.3 Å². The molecule has 272 valence electrons. The maximum atomic E-state index is 5.13. The second kappa shape index (κ2) is 12.2. The van der Waals surface area contributed by atoms with Crippen molar-refractivity contribution < 1.29 is 0 Å². The van der Waals surface area contributed by atoms with Gasteiger partial charge in [0.05, 0.1) is 16.6 Å². The normalized spacial score (nSPS) is 13.2. The van der Waals surface area contributed by atoms with Crippen LogP contribution >= 0.6 is 0 Å². The lowest BCUT2D eigenvalue weighted by molar-refractivity contribution is 0.809. The minimum atomic E-state index is -0.484. The number of fused-ring (bicyclic) bond motifs is 18. The summed E-state index contributed by atoms with van der Waals surface area (Å²) in [5.74, 6) is 0.727. The molecule has 0 saturated heterocycles. The standard InChI is InChI=1S/C57H34N2/c1-2-14-36(15-3-1)55-47-22-10-13-25-51(47)58-56(59-55)37-28-26-35(27-29-37)38-30-32-40-39(34-38)31-33-48-52-45-20-6-4-16-41(45)42-17-5-7-21-46(42)54(52)57(53(40)48)49-23-11-8-18-43(49)44-19-9-12-24-50(44)57/h1-34H. The first kappa shape index (κ1) is 32.4. The van der Waals surface area contributed by atoms with Gasteiger partial charge < -0.3 is 0 Å². The molecule has 1 aromatic heterocycles. The number of para-hydroxylation sites is 1. The van der Waals surface area contributed by atoms with Crippen molar-refractivity contribution in [3.05, 3.63) is 229 Å². The first-order chi connectivity index (χ1) is 29.3. The minimum Gasteiger partial charge on any atom is -0.228 e. The first-order valence-electron chi connectivity index (χ1n) is 20.4. The predicted octanol–water partition coefficient (Wildman–Crippen LogP) is 14.4. The summed E-state index contributed by atoms with van der Waals surface area (Å²) in [5.41, 5.74) is 16.6. The summed E-state index contributed by atoms with van der Waals surface area (Å²) in [6, 6.07) is 75.6. The Labute approximate surface area is 341 Å². The van der Waals surface area contributed by atoms with Gasteiger partial charge in [0.25, 0.3) is 0 Å². The average Bonchev–Trinajstić information content (AvgIpc) is 3.79. The quantitative estimate of drug-likeness (QED) is 0.168. The number of hydrogen-bond acceptors (Lipinski definition) is 2. The summed E-state index contributed by atoms with van der Waals surface area (Å²) in [6.45, 7) is 0. The third-order valence-electron chi connectivity index (χ3n) is 13.1. The molecule has 2 heteroatoms. The molecule has 0 amide bonds. The second-order valence-electron chi connectivity index (χ2n) is 16.0. The molecule has 2 nitrogen and oxygen atoms in total. The Balaban J connectivity index is 1.01. The number of hydrogen-bond donors (Lipinski definition) is 0. The zero-order valence-corrected chi connectivity index (χ0v) is 32.0. The largest absolute Gasteiger partial charge is 0.228 e. The number of rotatable bonds is 3. The van der Waals surface area contributed by atoms with Crippen LogP contribution in [0, 0.1) is 0 Å². The fourth-order valence-electron chi connectivity index (χ4n) is 10.7. The van der Waals surface area contributed by atoms with Crippen molar-refractivity contribution in [2.45, 2.75) is 5.41 Å². The van der Waals surface area contributed by atoms with Crippen molar-refractivity contribution in [3.8, 4) is 56.0 Å². The van der Waals surface area contributed by atoms with Crippen molar-refractivity contribution in [2.24, 2.45) is 0 Å². The molecule has 0 atom stereocenters. The molecule has 1 heterocycles. The maximum Gasteiger partial charge on any atom is 0.160 e. The third-order valence-corrected chi connectivity index (χ3v) is 13.1. The summed E-state index contributed by atoms with van der Waals surface area (Å²) < 4.78 is 0. The van der Waals surface area contributed by atoms with E-state index in [0.717, 1.165) is 39.1 Å². The molecule has 2 aliphatic carbocycles. The predicted molar refractivity (Wildman–Crippen MR) is 245 cm³/mol. The smallest absolute Gasteiger partial charge is 0.160 e. The lowest BCUT2D eigenvalue weighted by Crippen LogP contribution is -2.26. The molecule has 0 fully saturated rings. The summed E-state index contributed by atoms with van der Waals surface area (Å²) in [6.07, 6.45) is 0. The van der Waals surface area contributed by atoms with Crippen LogP contribution in [-0.4, -0.2) is 9.97 Å². The molecule has 0 saturated carbocycles. The molecule has 59 heavy (non-hydrogen) atoms. The Kier molecular flexibility index (Phi) is 6.68. The van der Waals surface area contributed by atoms with Gasteiger partial charge in [0.2, 0.25) is 0 Å². The molecule has 0 radical (unpaired) electrons. The van der Waals surface area contributed by atoms with Crippen LogP contribution < -0.4 is 0 Å². The zero-order chi connectivity index (χ0) is 38.7. The average molecular weight is 747 g/mol. The van der Waals surface area contributed by atoms with Gasteiger partial charge in [-0.2, -0.15) is 0 Å². The number of benzene rings is 10. The van der Waals surface area contributed by atoms with Gasteiger partial charge in [-0.1, -0.05) is 194 Å². The monoisotopic (exact) mass is 746 g/mol. The van der Waals surface area contributed by atoms with Crippen molar-refractivity contribution in [2.75, 3.05) is 0 Å². The van der Waals surface area contributed by atoms with E-state index in [4.69, 9.17) is 9.97 Å². The van der Waals surface area contributed by atoms with E-state index < -0.39 is 5.41 Å². The van der Waals surface area contributed by atoms with Gasteiger partial charge in [-0.05, 0) is 100 Å². The van der Waals surface area contributed by atoms with Crippen LogP contribution in [0.2, 0.25) is 0 Å². The highest BCUT2D eigenvalue weighted by molar-refractivity contribution is 6.21. The first-order valence-corrected chi connectivity index (χ1v) is 20.4. The number of nitrogens with zero attached hydrogens (tertiary/aromatic N) is 2. The molecule has 11 aromatic rings. The second-order valence-corrected chi connectivity index (χ2v) is 16.0.